The van der Waals surface area contributed by atoms with Gasteiger partial charge in [-0.2, -0.15) is 0 Å². The van der Waals surface area contributed by atoms with E-state index in [1.807, 2.05) is 20.8 Å². The lowest BCUT2D eigenvalue weighted by Crippen LogP contribution is -2.26. The molecule has 11 heavy (non-hydrogen) atoms. The number of hydrogen-bond donors (Lipinski definition) is 0. The van der Waals surface area contributed by atoms with Gasteiger partial charge < -0.3 is 9.53 Å². The fourth-order valence-electron chi connectivity index (χ4n) is 0.490. The van der Waals surface area contributed by atoms with Crippen molar-refractivity contribution in [2.45, 2.75) is 39.2 Å². The van der Waals surface area contributed by atoms with E-state index >= 15 is 0 Å². The molecule has 0 fully saturated rings. The monoisotopic (exact) mass is 158 g/mol. The molecule has 0 N–H and O–H groups in total. The van der Waals surface area contributed by atoms with Crippen molar-refractivity contribution in [3.05, 3.63) is 0 Å². The van der Waals surface area contributed by atoms with Crippen molar-refractivity contribution < 1.29 is 14.3 Å². The summed E-state index contributed by atoms with van der Waals surface area (Å²) < 4.78 is 4.96. The highest BCUT2D eigenvalue weighted by atomic mass is 16.6. The van der Waals surface area contributed by atoms with Gasteiger partial charge in [-0.25, -0.2) is 0 Å². The van der Waals surface area contributed by atoms with E-state index in [0.29, 0.717) is 6.29 Å². The second kappa shape index (κ2) is 4.11. The number of hydrogen-bond acceptors (Lipinski definition) is 3. The van der Waals surface area contributed by atoms with Gasteiger partial charge in [-0.1, -0.05) is 6.92 Å². The third-order valence-corrected chi connectivity index (χ3v) is 1.49. The highest BCUT2D eigenvalue weighted by Gasteiger charge is 2.19. The van der Waals surface area contributed by atoms with E-state index < -0.39 is 11.6 Å². The molecule has 0 aromatic rings. The molecule has 3 nitrogen and oxygen atoms in total. The Morgan fingerprint density at radius 3 is 2.45 bits per heavy atom. The van der Waals surface area contributed by atoms with Crippen molar-refractivity contribution in [2.75, 3.05) is 0 Å². The van der Waals surface area contributed by atoms with E-state index in [2.05, 4.69) is 0 Å². The van der Waals surface area contributed by atoms with Crippen LogP contribution in [0, 0.1) is 0 Å². The van der Waals surface area contributed by atoms with E-state index in [1.165, 1.54) is 0 Å². The summed E-state index contributed by atoms with van der Waals surface area (Å²) in [6, 6.07) is 0. The molecule has 0 amide bonds. The number of ether oxygens (including phenoxy) is 1. The van der Waals surface area contributed by atoms with Crippen LogP contribution in [0.15, 0.2) is 0 Å². The molecule has 0 saturated carbocycles. The normalized spacial score (nSPS) is 10.8. The number of rotatable bonds is 4. The van der Waals surface area contributed by atoms with Gasteiger partial charge in [-0.15, -0.1) is 0 Å². The predicted octanol–water partition coefficient (Wildman–Crippen LogP) is 1.31. The summed E-state index contributed by atoms with van der Waals surface area (Å²) >= 11 is 0. The molecule has 0 saturated heterocycles. The van der Waals surface area contributed by atoms with Gasteiger partial charge >= 0.3 is 5.97 Å². The van der Waals surface area contributed by atoms with Crippen LogP contribution in [0.2, 0.25) is 0 Å². The Hall–Kier alpha value is -0.860. The molecule has 0 aliphatic heterocycles. The average Bonchev–Trinajstić information content (AvgIpc) is 1.87. The molecule has 0 atom stereocenters. The van der Waals surface area contributed by atoms with Crippen LogP contribution < -0.4 is 0 Å². The molecule has 0 aliphatic carbocycles. The second-order valence-electron chi connectivity index (χ2n) is 2.96. The fraction of sp³-hybridized carbons (Fsp3) is 0.750. The average molecular weight is 158 g/mol. The van der Waals surface area contributed by atoms with E-state index in [9.17, 15) is 9.59 Å². The van der Waals surface area contributed by atoms with Crippen LogP contribution >= 0.6 is 0 Å². The van der Waals surface area contributed by atoms with Crippen molar-refractivity contribution >= 4 is 12.3 Å². The Kier molecular flexibility index (Phi) is 3.79. The van der Waals surface area contributed by atoms with E-state index in [-0.39, 0.29) is 6.42 Å². The Balaban J connectivity index is 3.82. The summed E-state index contributed by atoms with van der Waals surface area (Å²) in [5, 5.41) is 0. The zero-order valence-electron chi connectivity index (χ0n) is 7.22. The van der Waals surface area contributed by atoms with Crippen LogP contribution in [-0.2, 0) is 14.3 Å². The predicted molar refractivity (Wildman–Crippen MR) is 41.1 cm³/mol. The largest absolute Gasteiger partial charge is 0.459 e. The summed E-state index contributed by atoms with van der Waals surface area (Å²) in [6.07, 6.45) is 1.15. The maximum absolute atomic E-state index is 10.8. The first kappa shape index (κ1) is 10.1. The Labute approximate surface area is 66.7 Å². The molecule has 0 rings (SSSR count). The molecule has 0 unspecified atom stereocenters. The van der Waals surface area contributed by atoms with Crippen LogP contribution in [0.1, 0.15) is 33.6 Å². The maximum atomic E-state index is 10.8. The lowest BCUT2D eigenvalue weighted by molar-refractivity contribution is -0.156. The zero-order valence-corrected chi connectivity index (χ0v) is 7.22. The quantitative estimate of drug-likeness (QED) is 0.352. The van der Waals surface area contributed by atoms with Crippen molar-refractivity contribution in [1.29, 1.82) is 0 Å². The molecule has 0 radical (unpaired) electrons. The lowest BCUT2D eigenvalue weighted by Gasteiger charge is -2.22. The molecule has 64 valence electrons. The van der Waals surface area contributed by atoms with Crippen LogP contribution in [0.3, 0.4) is 0 Å². The minimum absolute atomic E-state index is 0.149. The van der Waals surface area contributed by atoms with Crippen LogP contribution in [0.25, 0.3) is 0 Å². The number of esters is 1. The summed E-state index contributed by atoms with van der Waals surface area (Å²) in [5.41, 5.74) is -0.444. The Morgan fingerprint density at radius 1 is 1.55 bits per heavy atom. The summed E-state index contributed by atoms with van der Waals surface area (Å²) in [5.74, 6) is -0.452. The van der Waals surface area contributed by atoms with Gasteiger partial charge in [-0.05, 0) is 20.3 Å². The van der Waals surface area contributed by atoms with Gasteiger partial charge in [0.25, 0.3) is 0 Å². The molecule has 3 heteroatoms. The van der Waals surface area contributed by atoms with Crippen LogP contribution in [0.4, 0.5) is 0 Å². The standard InChI is InChI=1S/C8H14O3/c1-4-8(2,3)11-7(10)5-6-9/h6H,4-5H2,1-3H3. The van der Waals surface area contributed by atoms with Crippen molar-refractivity contribution in [2.24, 2.45) is 0 Å². The van der Waals surface area contributed by atoms with Gasteiger partial charge in [0.1, 0.15) is 18.3 Å². The summed E-state index contributed by atoms with van der Waals surface area (Å²) in [6.45, 7) is 5.56. The van der Waals surface area contributed by atoms with Crippen molar-refractivity contribution in [1.82, 2.24) is 0 Å². The van der Waals surface area contributed by atoms with Gasteiger partial charge in [0.15, 0.2) is 0 Å². The minimum atomic E-state index is -0.452. The number of aldehydes is 1. The van der Waals surface area contributed by atoms with Gasteiger partial charge in [0, 0.05) is 0 Å². The first-order valence-corrected chi connectivity index (χ1v) is 3.67. The Morgan fingerprint density at radius 2 is 2.09 bits per heavy atom. The first-order chi connectivity index (χ1) is 5.02. The molecule has 0 heterocycles. The molecule has 0 aromatic heterocycles. The lowest BCUT2D eigenvalue weighted by atomic mass is 10.1. The fourth-order valence-corrected chi connectivity index (χ4v) is 0.490. The van der Waals surface area contributed by atoms with E-state index in [0.717, 1.165) is 6.42 Å². The molecule has 0 bridgehead atoms. The van der Waals surface area contributed by atoms with Crippen molar-refractivity contribution in [3.8, 4) is 0 Å². The highest BCUT2D eigenvalue weighted by Crippen LogP contribution is 2.13. The van der Waals surface area contributed by atoms with Gasteiger partial charge in [-0.3, -0.25) is 4.79 Å². The molecule has 0 aliphatic rings. The van der Waals surface area contributed by atoms with Crippen LogP contribution in [0.5, 0.6) is 0 Å². The third kappa shape index (κ3) is 4.53. The molecular weight excluding hydrogens is 144 g/mol. The smallest absolute Gasteiger partial charge is 0.313 e. The highest BCUT2D eigenvalue weighted by molar-refractivity contribution is 5.83. The van der Waals surface area contributed by atoms with E-state index in [4.69, 9.17) is 4.74 Å². The van der Waals surface area contributed by atoms with E-state index in [1.54, 1.807) is 0 Å². The maximum Gasteiger partial charge on any atom is 0.313 e. The summed E-state index contributed by atoms with van der Waals surface area (Å²) in [4.78, 5) is 20.7. The molecular formula is C8H14O3. The minimum Gasteiger partial charge on any atom is -0.459 e. The summed E-state index contributed by atoms with van der Waals surface area (Å²) in [7, 11) is 0. The zero-order chi connectivity index (χ0) is 8.91. The second-order valence-corrected chi connectivity index (χ2v) is 2.96. The topological polar surface area (TPSA) is 43.4 Å². The van der Waals surface area contributed by atoms with Crippen LogP contribution in [-0.4, -0.2) is 17.9 Å². The number of carbonyl (C=O) groups is 2. The molecule has 0 aromatic carbocycles. The van der Waals surface area contributed by atoms with Gasteiger partial charge in [0.05, 0.1) is 0 Å². The van der Waals surface area contributed by atoms with Crippen molar-refractivity contribution in [3.63, 3.8) is 0 Å². The third-order valence-electron chi connectivity index (χ3n) is 1.49. The van der Waals surface area contributed by atoms with Gasteiger partial charge in [0.2, 0.25) is 0 Å². The number of carbonyl (C=O) groups excluding carboxylic acids is 2. The first-order valence-electron chi connectivity index (χ1n) is 3.67. The SMILES string of the molecule is CCC(C)(C)OC(=O)CC=O. The Bertz CT molecular complexity index is 149. The molecule has 0 spiro atoms.